The zero-order chi connectivity index (χ0) is 19.9. The molecule has 0 aliphatic carbocycles. The standard InChI is InChI=1S/C21H20N2O4S/c1-2-27-17-10-8-15(9-11-17)20-22-16(13-28-20)12-18(24)23-19(21(25)26)14-6-4-3-5-7-14/h3-11,13,19H,2,12H2,1H3,(H,23,24)(H,25,26)/t19-/m1/s1. The number of aromatic nitrogens is 1. The van der Waals surface area contributed by atoms with Crippen molar-refractivity contribution in [2.45, 2.75) is 19.4 Å². The van der Waals surface area contributed by atoms with Crippen molar-refractivity contribution < 1.29 is 19.4 Å². The lowest BCUT2D eigenvalue weighted by atomic mass is 10.1. The van der Waals surface area contributed by atoms with Crippen molar-refractivity contribution >= 4 is 23.2 Å². The summed E-state index contributed by atoms with van der Waals surface area (Å²) in [5.41, 5.74) is 2.06. The number of benzene rings is 2. The molecule has 0 saturated heterocycles. The van der Waals surface area contributed by atoms with Crippen LogP contribution in [0.4, 0.5) is 0 Å². The maximum absolute atomic E-state index is 12.3. The molecule has 0 fully saturated rings. The Balaban J connectivity index is 1.65. The molecule has 1 amide bonds. The molecule has 1 aromatic heterocycles. The van der Waals surface area contributed by atoms with E-state index in [1.165, 1.54) is 11.3 Å². The van der Waals surface area contributed by atoms with Gasteiger partial charge in [0.15, 0.2) is 6.04 Å². The summed E-state index contributed by atoms with van der Waals surface area (Å²) in [5, 5.41) is 14.6. The first-order valence-electron chi connectivity index (χ1n) is 8.81. The highest BCUT2D eigenvalue weighted by molar-refractivity contribution is 7.13. The van der Waals surface area contributed by atoms with Gasteiger partial charge in [-0.1, -0.05) is 30.3 Å². The van der Waals surface area contributed by atoms with E-state index in [-0.39, 0.29) is 12.3 Å². The summed E-state index contributed by atoms with van der Waals surface area (Å²) in [6, 6.07) is 15.1. The highest BCUT2D eigenvalue weighted by Crippen LogP contribution is 2.26. The molecule has 7 heteroatoms. The molecule has 3 rings (SSSR count). The van der Waals surface area contributed by atoms with Gasteiger partial charge in [-0.2, -0.15) is 0 Å². The Hall–Kier alpha value is -3.19. The van der Waals surface area contributed by atoms with E-state index in [4.69, 9.17) is 4.74 Å². The van der Waals surface area contributed by atoms with Gasteiger partial charge in [-0.3, -0.25) is 4.79 Å². The van der Waals surface area contributed by atoms with Gasteiger partial charge in [0.1, 0.15) is 10.8 Å². The number of hydrogen-bond acceptors (Lipinski definition) is 5. The summed E-state index contributed by atoms with van der Waals surface area (Å²) in [6.07, 6.45) is 0.0180. The zero-order valence-electron chi connectivity index (χ0n) is 15.3. The average Bonchev–Trinajstić information content (AvgIpc) is 3.16. The molecule has 0 aliphatic heterocycles. The van der Waals surface area contributed by atoms with Crippen LogP contribution in [0.3, 0.4) is 0 Å². The van der Waals surface area contributed by atoms with E-state index in [1.54, 1.807) is 30.3 Å². The Labute approximate surface area is 166 Å². The predicted molar refractivity (Wildman–Crippen MR) is 107 cm³/mol. The molecule has 1 atom stereocenters. The molecule has 28 heavy (non-hydrogen) atoms. The van der Waals surface area contributed by atoms with Crippen LogP contribution in [0.25, 0.3) is 10.6 Å². The smallest absolute Gasteiger partial charge is 0.330 e. The number of hydrogen-bond donors (Lipinski definition) is 2. The van der Waals surface area contributed by atoms with Crippen LogP contribution in [-0.2, 0) is 16.0 Å². The lowest BCUT2D eigenvalue weighted by molar-refractivity contribution is -0.142. The molecule has 6 nitrogen and oxygen atoms in total. The van der Waals surface area contributed by atoms with E-state index in [0.29, 0.717) is 17.9 Å². The second-order valence-corrected chi connectivity index (χ2v) is 6.89. The van der Waals surface area contributed by atoms with Gasteiger partial charge in [0.05, 0.1) is 18.7 Å². The van der Waals surface area contributed by atoms with Gasteiger partial charge in [-0.15, -0.1) is 11.3 Å². The summed E-state index contributed by atoms with van der Waals surface area (Å²) in [4.78, 5) is 28.3. The Bertz CT molecular complexity index is 939. The minimum atomic E-state index is -1.10. The highest BCUT2D eigenvalue weighted by atomic mass is 32.1. The predicted octanol–water partition coefficient (Wildman–Crippen LogP) is 3.69. The molecular formula is C21H20N2O4S. The van der Waals surface area contributed by atoms with Crippen molar-refractivity contribution in [1.29, 1.82) is 0 Å². The SMILES string of the molecule is CCOc1ccc(-c2nc(CC(=O)N[C@@H](C(=O)O)c3ccccc3)cs2)cc1. The number of nitrogens with zero attached hydrogens (tertiary/aromatic N) is 1. The second kappa shape index (κ2) is 9.14. The third-order valence-electron chi connectivity index (χ3n) is 3.99. The van der Waals surface area contributed by atoms with Crippen molar-refractivity contribution in [3.05, 3.63) is 71.2 Å². The molecule has 1 heterocycles. The topological polar surface area (TPSA) is 88.5 Å². The van der Waals surface area contributed by atoms with E-state index >= 15 is 0 Å². The summed E-state index contributed by atoms with van der Waals surface area (Å²) in [7, 11) is 0. The fourth-order valence-corrected chi connectivity index (χ4v) is 3.52. The normalized spacial score (nSPS) is 11.6. The van der Waals surface area contributed by atoms with Crippen molar-refractivity contribution in [2.75, 3.05) is 6.61 Å². The van der Waals surface area contributed by atoms with Crippen LogP contribution in [0.1, 0.15) is 24.2 Å². The third-order valence-corrected chi connectivity index (χ3v) is 4.93. The molecule has 2 N–H and O–H groups in total. The molecule has 2 aromatic carbocycles. The number of carbonyl (C=O) groups excluding carboxylic acids is 1. The summed E-state index contributed by atoms with van der Waals surface area (Å²) >= 11 is 1.44. The number of amides is 1. The molecule has 0 aliphatic rings. The quantitative estimate of drug-likeness (QED) is 0.606. The van der Waals surface area contributed by atoms with Gasteiger partial charge in [0.2, 0.25) is 5.91 Å². The van der Waals surface area contributed by atoms with E-state index < -0.39 is 12.0 Å². The third kappa shape index (κ3) is 4.95. The molecule has 0 spiro atoms. The van der Waals surface area contributed by atoms with Crippen LogP contribution in [-0.4, -0.2) is 28.6 Å². The van der Waals surface area contributed by atoms with Gasteiger partial charge in [-0.25, -0.2) is 9.78 Å². The van der Waals surface area contributed by atoms with Crippen molar-refractivity contribution in [2.24, 2.45) is 0 Å². The van der Waals surface area contributed by atoms with Crippen LogP contribution >= 0.6 is 11.3 Å². The summed E-state index contributed by atoms with van der Waals surface area (Å²) < 4.78 is 5.43. The van der Waals surface area contributed by atoms with E-state index in [0.717, 1.165) is 16.3 Å². The molecule has 3 aromatic rings. The molecule has 0 saturated carbocycles. The second-order valence-electron chi connectivity index (χ2n) is 6.03. The van der Waals surface area contributed by atoms with Crippen LogP contribution in [0, 0.1) is 0 Å². The maximum atomic E-state index is 12.3. The fraction of sp³-hybridized carbons (Fsp3) is 0.190. The molecule has 144 valence electrons. The molecular weight excluding hydrogens is 376 g/mol. The van der Waals surface area contributed by atoms with E-state index in [2.05, 4.69) is 10.3 Å². The number of rotatable bonds is 8. The number of carboxylic acid groups (broad SMARTS) is 1. The van der Waals surface area contributed by atoms with Gasteiger partial charge < -0.3 is 15.2 Å². The van der Waals surface area contributed by atoms with Crippen LogP contribution in [0.5, 0.6) is 5.75 Å². The number of ether oxygens (including phenoxy) is 1. The number of thiazole rings is 1. The van der Waals surface area contributed by atoms with Crippen molar-refractivity contribution in [3.63, 3.8) is 0 Å². The Morgan fingerprint density at radius 1 is 1.14 bits per heavy atom. The first-order valence-corrected chi connectivity index (χ1v) is 9.69. The summed E-state index contributed by atoms with van der Waals surface area (Å²) in [5.74, 6) is -0.698. The van der Waals surface area contributed by atoms with Crippen LogP contribution in [0.15, 0.2) is 60.0 Å². The van der Waals surface area contributed by atoms with Crippen LogP contribution < -0.4 is 10.1 Å². The maximum Gasteiger partial charge on any atom is 0.330 e. The highest BCUT2D eigenvalue weighted by Gasteiger charge is 2.22. The minimum absolute atomic E-state index is 0.0180. The Morgan fingerprint density at radius 3 is 2.50 bits per heavy atom. The first-order chi connectivity index (χ1) is 13.6. The molecule has 0 radical (unpaired) electrons. The fourth-order valence-electron chi connectivity index (χ4n) is 2.69. The van der Waals surface area contributed by atoms with Gasteiger partial charge >= 0.3 is 5.97 Å². The van der Waals surface area contributed by atoms with Gasteiger partial charge in [-0.05, 0) is 36.8 Å². The lowest BCUT2D eigenvalue weighted by Crippen LogP contribution is -2.34. The minimum Gasteiger partial charge on any atom is -0.494 e. The average molecular weight is 396 g/mol. The lowest BCUT2D eigenvalue weighted by Gasteiger charge is -2.14. The van der Waals surface area contributed by atoms with E-state index in [9.17, 15) is 14.7 Å². The monoisotopic (exact) mass is 396 g/mol. The Kier molecular flexibility index (Phi) is 6.39. The number of carboxylic acids is 1. The van der Waals surface area contributed by atoms with Gasteiger partial charge in [0.25, 0.3) is 0 Å². The first kappa shape index (κ1) is 19.6. The zero-order valence-corrected chi connectivity index (χ0v) is 16.1. The Morgan fingerprint density at radius 2 is 1.86 bits per heavy atom. The van der Waals surface area contributed by atoms with Crippen LogP contribution in [0.2, 0.25) is 0 Å². The molecule has 0 bridgehead atoms. The largest absolute Gasteiger partial charge is 0.494 e. The number of carbonyl (C=O) groups is 2. The van der Waals surface area contributed by atoms with Crippen molar-refractivity contribution in [1.82, 2.24) is 10.3 Å². The van der Waals surface area contributed by atoms with Gasteiger partial charge in [0, 0.05) is 10.9 Å². The molecule has 0 unspecified atom stereocenters. The number of aliphatic carboxylic acids is 1. The van der Waals surface area contributed by atoms with E-state index in [1.807, 2.05) is 36.6 Å². The van der Waals surface area contributed by atoms with Crippen molar-refractivity contribution in [3.8, 4) is 16.3 Å². The number of nitrogens with one attached hydrogen (secondary N) is 1. The summed E-state index contributed by atoms with van der Waals surface area (Å²) in [6.45, 7) is 2.54.